The van der Waals surface area contributed by atoms with E-state index in [1.165, 1.54) is 0 Å². The molecule has 0 unspecified atom stereocenters. The Balaban J connectivity index is 1.97. The Bertz CT molecular complexity index is 825. The molecule has 0 atom stereocenters. The number of fused-ring (bicyclic) bond motifs is 1. The molecule has 1 aromatic heterocycles. The molecule has 106 valence electrons. The van der Waals surface area contributed by atoms with Gasteiger partial charge in [-0.05, 0) is 53.2 Å². The van der Waals surface area contributed by atoms with Gasteiger partial charge in [-0.1, -0.05) is 12.1 Å². The summed E-state index contributed by atoms with van der Waals surface area (Å²) in [6.07, 6.45) is 0. The quantitative estimate of drug-likeness (QED) is 0.766. The third-order valence-electron chi connectivity index (χ3n) is 3.38. The summed E-state index contributed by atoms with van der Waals surface area (Å²) in [7, 11) is 1.77. The largest absolute Gasteiger partial charge is 0.342 e. The van der Waals surface area contributed by atoms with Crippen LogP contribution in [0, 0.1) is 6.92 Å². The van der Waals surface area contributed by atoms with Crippen molar-refractivity contribution in [1.29, 1.82) is 0 Å². The first-order valence-corrected chi connectivity index (χ1v) is 7.34. The van der Waals surface area contributed by atoms with Gasteiger partial charge in [0.2, 0.25) is 0 Å². The minimum absolute atomic E-state index is 0.0573. The molecule has 5 heteroatoms. The number of anilines is 1. The molecule has 1 amide bonds. The van der Waals surface area contributed by atoms with E-state index >= 15 is 0 Å². The SMILES string of the molecule is Cc1nc2ccc(N(C)C(=O)c3ccccc3Br)cc2[nH]1. The number of nitrogens with one attached hydrogen (secondary N) is 1. The number of aromatic amines is 1. The number of rotatable bonds is 2. The van der Waals surface area contributed by atoms with Gasteiger partial charge in [0, 0.05) is 17.2 Å². The number of carbonyl (C=O) groups excluding carboxylic acids is 1. The molecule has 0 bridgehead atoms. The van der Waals surface area contributed by atoms with Crippen LogP contribution in [0.4, 0.5) is 5.69 Å². The number of nitrogens with zero attached hydrogens (tertiary/aromatic N) is 2. The summed E-state index contributed by atoms with van der Waals surface area (Å²) in [5.74, 6) is 0.806. The predicted molar refractivity (Wildman–Crippen MR) is 87.7 cm³/mol. The number of aromatic nitrogens is 2. The average Bonchev–Trinajstić information content (AvgIpc) is 2.85. The smallest absolute Gasteiger partial charge is 0.259 e. The minimum atomic E-state index is -0.0573. The van der Waals surface area contributed by atoms with E-state index in [2.05, 4.69) is 25.9 Å². The molecule has 21 heavy (non-hydrogen) atoms. The highest BCUT2D eigenvalue weighted by Gasteiger charge is 2.16. The van der Waals surface area contributed by atoms with Gasteiger partial charge in [-0.15, -0.1) is 0 Å². The maximum atomic E-state index is 12.6. The van der Waals surface area contributed by atoms with E-state index in [-0.39, 0.29) is 5.91 Å². The summed E-state index contributed by atoms with van der Waals surface area (Å²) in [5, 5.41) is 0. The lowest BCUT2D eigenvalue weighted by Crippen LogP contribution is -2.26. The van der Waals surface area contributed by atoms with Crippen molar-refractivity contribution in [3.63, 3.8) is 0 Å². The number of halogens is 1. The molecule has 4 nitrogen and oxygen atoms in total. The first-order chi connectivity index (χ1) is 10.1. The molecule has 0 spiro atoms. The van der Waals surface area contributed by atoms with Gasteiger partial charge in [0.05, 0.1) is 16.6 Å². The van der Waals surface area contributed by atoms with Crippen LogP contribution in [0.5, 0.6) is 0 Å². The highest BCUT2D eigenvalue weighted by molar-refractivity contribution is 9.10. The number of H-pyrrole nitrogens is 1. The third kappa shape index (κ3) is 2.56. The molecule has 0 saturated heterocycles. The van der Waals surface area contributed by atoms with Gasteiger partial charge in [-0.2, -0.15) is 0 Å². The molecule has 0 aliphatic heterocycles. The predicted octanol–water partition coefficient (Wildman–Crippen LogP) is 3.91. The van der Waals surface area contributed by atoms with Gasteiger partial charge < -0.3 is 9.88 Å². The highest BCUT2D eigenvalue weighted by atomic mass is 79.9. The van der Waals surface area contributed by atoms with Gasteiger partial charge in [0.15, 0.2) is 0 Å². The Labute approximate surface area is 130 Å². The van der Waals surface area contributed by atoms with Gasteiger partial charge in [0.1, 0.15) is 5.82 Å². The first-order valence-electron chi connectivity index (χ1n) is 6.55. The molecule has 0 aliphatic carbocycles. The molecule has 3 rings (SSSR count). The lowest BCUT2D eigenvalue weighted by Gasteiger charge is -2.18. The van der Waals surface area contributed by atoms with Gasteiger partial charge in [-0.3, -0.25) is 4.79 Å². The van der Waals surface area contributed by atoms with Crippen molar-refractivity contribution in [2.24, 2.45) is 0 Å². The summed E-state index contributed by atoms with van der Waals surface area (Å²) >= 11 is 3.42. The summed E-state index contributed by atoms with van der Waals surface area (Å²) in [5.41, 5.74) is 3.29. The summed E-state index contributed by atoms with van der Waals surface area (Å²) in [6, 6.07) is 13.2. The van der Waals surface area contributed by atoms with E-state index in [4.69, 9.17) is 0 Å². The molecule has 0 saturated carbocycles. The topological polar surface area (TPSA) is 49.0 Å². The van der Waals surface area contributed by atoms with Crippen molar-refractivity contribution in [3.8, 4) is 0 Å². The Morgan fingerprint density at radius 2 is 2.00 bits per heavy atom. The third-order valence-corrected chi connectivity index (χ3v) is 4.07. The molecule has 0 fully saturated rings. The van der Waals surface area contributed by atoms with E-state index in [9.17, 15) is 4.79 Å². The van der Waals surface area contributed by atoms with Crippen molar-refractivity contribution in [2.75, 3.05) is 11.9 Å². The van der Waals surface area contributed by atoms with Gasteiger partial charge in [-0.25, -0.2) is 4.98 Å². The lowest BCUT2D eigenvalue weighted by atomic mass is 10.2. The molecular weight excluding hydrogens is 330 g/mol. The zero-order valence-electron chi connectivity index (χ0n) is 11.7. The molecule has 1 N–H and O–H groups in total. The molecule has 0 aliphatic rings. The Morgan fingerprint density at radius 1 is 1.24 bits per heavy atom. The zero-order valence-corrected chi connectivity index (χ0v) is 13.3. The second kappa shape index (κ2) is 5.33. The molecule has 0 radical (unpaired) electrons. The number of carbonyl (C=O) groups is 1. The number of hydrogen-bond acceptors (Lipinski definition) is 2. The van der Waals surface area contributed by atoms with Gasteiger partial charge in [0.25, 0.3) is 5.91 Å². The molecule has 3 aromatic rings. The first kappa shape index (κ1) is 13.8. The number of aryl methyl sites for hydroxylation is 1. The fourth-order valence-corrected chi connectivity index (χ4v) is 2.72. The fraction of sp³-hybridized carbons (Fsp3) is 0.125. The van der Waals surface area contributed by atoms with Crippen LogP contribution < -0.4 is 4.90 Å². The molecular formula is C16H14BrN3O. The van der Waals surface area contributed by atoms with Crippen molar-refractivity contribution in [1.82, 2.24) is 9.97 Å². The highest BCUT2D eigenvalue weighted by Crippen LogP contribution is 2.23. The monoisotopic (exact) mass is 343 g/mol. The van der Waals surface area contributed by atoms with E-state index in [1.54, 1.807) is 11.9 Å². The summed E-state index contributed by atoms with van der Waals surface area (Å²) in [4.78, 5) is 21.8. The average molecular weight is 344 g/mol. The van der Waals surface area contributed by atoms with Crippen molar-refractivity contribution in [3.05, 3.63) is 58.3 Å². The van der Waals surface area contributed by atoms with Crippen LogP contribution in [0.15, 0.2) is 46.9 Å². The van der Waals surface area contributed by atoms with Crippen LogP contribution >= 0.6 is 15.9 Å². The van der Waals surface area contributed by atoms with Crippen molar-refractivity contribution in [2.45, 2.75) is 6.92 Å². The van der Waals surface area contributed by atoms with Crippen molar-refractivity contribution < 1.29 is 4.79 Å². The Morgan fingerprint density at radius 3 is 2.76 bits per heavy atom. The van der Waals surface area contributed by atoms with Crippen LogP contribution in [-0.2, 0) is 0 Å². The van der Waals surface area contributed by atoms with E-state index in [0.717, 1.165) is 27.0 Å². The van der Waals surface area contributed by atoms with Crippen molar-refractivity contribution >= 4 is 38.6 Å². The van der Waals surface area contributed by atoms with Crippen LogP contribution in [0.3, 0.4) is 0 Å². The van der Waals surface area contributed by atoms with Crippen LogP contribution in [0.2, 0.25) is 0 Å². The van der Waals surface area contributed by atoms with E-state index in [1.807, 2.05) is 49.4 Å². The van der Waals surface area contributed by atoms with E-state index in [0.29, 0.717) is 5.56 Å². The number of benzene rings is 2. The lowest BCUT2D eigenvalue weighted by molar-refractivity contribution is 0.0992. The number of imidazole rings is 1. The number of hydrogen-bond donors (Lipinski definition) is 1. The Hall–Kier alpha value is -2.14. The minimum Gasteiger partial charge on any atom is -0.342 e. The van der Waals surface area contributed by atoms with Crippen LogP contribution in [0.25, 0.3) is 11.0 Å². The normalized spacial score (nSPS) is 10.8. The fourth-order valence-electron chi connectivity index (χ4n) is 2.27. The maximum absolute atomic E-state index is 12.6. The summed E-state index contributed by atoms with van der Waals surface area (Å²) in [6.45, 7) is 1.91. The maximum Gasteiger partial charge on any atom is 0.259 e. The van der Waals surface area contributed by atoms with E-state index < -0.39 is 0 Å². The Kier molecular flexibility index (Phi) is 3.51. The number of amides is 1. The van der Waals surface area contributed by atoms with Crippen LogP contribution in [0.1, 0.15) is 16.2 Å². The standard InChI is InChI=1S/C16H14BrN3O/c1-10-18-14-8-7-11(9-15(14)19-10)20(2)16(21)12-5-3-4-6-13(12)17/h3-9H,1-2H3,(H,18,19). The van der Waals surface area contributed by atoms with Gasteiger partial charge >= 0.3 is 0 Å². The molecule has 1 heterocycles. The van der Waals surface area contributed by atoms with Crippen LogP contribution in [-0.4, -0.2) is 22.9 Å². The second-order valence-corrected chi connectivity index (χ2v) is 5.72. The molecule has 2 aromatic carbocycles. The zero-order chi connectivity index (χ0) is 15.0. The second-order valence-electron chi connectivity index (χ2n) is 4.87. The summed E-state index contributed by atoms with van der Waals surface area (Å²) < 4.78 is 0.792.